The molecule has 1 saturated carbocycles. The lowest BCUT2D eigenvalue weighted by molar-refractivity contribution is -0.0913. The van der Waals surface area contributed by atoms with Gasteiger partial charge in [-0.2, -0.15) is 0 Å². The second kappa shape index (κ2) is 6.90. The van der Waals surface area contributed by atoms with E-state index in [0.29, 0.717) is 6.61 Å². The number of hydrogen-bond acceptors (Lipinski definition) is 3. The molecule has 2 rings (SSSR count). The molecule has 0 radical (unpaired) electrons. The van der Waals surface area contributed by atoms with Gasteiger partial charge in [-0.05, 0) is 43.9 Å². The Bertz CT molecular complexity index is 439. The third-order valence-corrected chi connectivity index (χ3v) is 4.76. The number of rotatable bonds is 5. The van der Waals surface area contributed by atoms with E-state index in [-0.39, 0.29) is 11.6 Å². The number of hydrogen-bond donors (Lipinski definition) is 2. The molecule has 112 valence electrons. The summed E-state index contributed by atoms with van der Waals surface area (Å²) < 4.78 is 6.16. The smallest absolute Gasteiger partial charge is 0.0889 e. The van der Waals surface area contributed by atoms with Gasteiger partial charge in [-0.25, -0.2) is 0 Å². The van der Waals surface area contributed by atoms with Crippen molar-refractivity contribution in [2.75, 3.05) is 6.61 Å². The standard InChI is InChI=1S/C16H25ClN2O/c1-3-20-16(9-5-4-6-10-16)15(19-18)13-8-7-12(2)14(17)11-13/h7-8,11,15,19H,3-6,9-10,18H2,1-2H3. The van der Waals surface area contributed by atoms with E-state index in [0.717, 1.165) is 29.0 Å². The maximum absolute atomic E-state index is 6.27. The number of hydrazine groups is 1. The van der Waals surface area contributed by atoms with Crippen molar-refractivity contribution in [1.82, 2.24) is 5.43 Å². The number of nitrogens with one attached hydrogen (secondary N) is 1. The van der Waals surface area contributed by atoms with E-state index in [1.165, 1.54) is 19.3 Å². The number of ether oxygens (including phenoxy) is 1. The Labute approximate surface area is 126 Å². The van der Waals surface area contributed by atoms with Crippen molar-refractivity contribution >= 4 is 11.6 Å². The topological polar surface area (TPSA) is 47.3 Å². The highest BCUT2D eigenvalue weighted by Gasteiger charge is 2.41. The lowest BCUT2D eigenvalue weighted by atomic mass is 9.76. The van der Waals surface area contributed by atoms with Crippen LogP contribution in [0, 0.1) is 6.92 Å². The average molecular weight is 297 g/mol. The minimum absolute atomic E-state index is 0.0131. The van der Waals surface area contributed by atoms with Crippen LogP contribution in [0.4, 0.5) is 0 Å². The number of benzene rings is 1. The molecule has 0 bridgehead atoms. The highest BCUT2D eigenvalue weighted by molar-refractivity contribution is 6.31. The van der Waals surface area contributed by atoms with Gasteiger partial charge in [0.05, 0.1) is 11.6 Å². The van der Waals surface area contributed by atoms with E-state index in [2.05, 4.69) is 11.5 Å². The molecule has 1 fully saturated rings. The molecule has 4 heteroatoms. The highest BCUT2D eigenvalue weighted by atomic mass is 35.5. The quantitative estimate of drug-likeness (QED) is 0.640. The molecule has 1 aliphatic rings. The summed E-state index contributed by atoms with van der Waals surface area (Å²) in [7, 11) is 0. The second-order valence-corrected chi connectivity index (χ2v) is 6.07. The summed E-state index contributed by atoms with van der Waals surface area (Å²) in [5.74, 6) is 5.87. The highest BCUT2D eigenvalue weighted by Crippen LogP contribution is 2.41. The minimum atomic E-state index is -0.208. The van der Waals surface area contributed by atoms with Crippen LogP contribution in [0.1, 0.15) is 56.2 Å². The summed E-state index contributed by atoms with van der Waals surface area (Å²) in [4.78, 5) is 0. The molecule has 3 nitrogen and oxygen atoms in total. The molecule has 1 unspecified atom stereocenters. The van der Waals surface area contributed by atoms with Gasteiger partial charge < -0.3 is 4.74 Å². The van der Waals surface area contributed by atoms with Crippen LogP contribution in [0.5, 0.6) is 0 Å². The average Bonchev–Trinajstić information content (AvgIpc) is 2.45. The molecule has 0 saturated heterocycles. The minimum Gasteiger partial charge on any atom is -0.373 e. The molecule has 1 aliphatic carbocycles. The van der Waals surface area contributed by atoms with E-state index < -0.39 is 0 Å². The van der Waals surface area contributed by atoms with Crippen LogP contribution in [0.25, 0.3) is 0 Å². The van der Waals surface area contributed by atoms with Crippen molar-refractivity contribution in [2.24, 2.45) is 5.84 Å². The van der Waals surface area contributed by atoms with Crippen molar-refractivity contribution in [3.8, 4) is 0 Å². The molecule has 0 amide bonds. The lowest BCUT2D eigenvalue weighted by Crippen LogP contribution is -2.49. The predicted molar refractivity (Wildman–Crippen MR) is 83.7 cm³/mol. The monoisotopic (exact) mass is 296 g/mol. The van der Waals surface area contributed by atoms with Crippen LogP contribution >= 0.6 is 11.6 Å². The van der Waals surface area contributed by atoms with E-state index in [9.17, 15) is 0 Å². The van der Waals surface area contributed by atoms with Crippen LogP contribution in [-0.2, 0) is 4.74 Å². The van der Waals surface area contributed by atoms with Gasteiger partial charge in [-0.3, -0.25) is 11.3 Å². The predicted octanol–water partition coefficient (Wildman–Crippen LogP) is 3.89. The maximum atomic E-state index is 6.27. The molecule has 3 N–H and O–H groups in total. The number of halogens is 1. The Balaban J connectivity index is 2.34. The van der Waals surface area contributed by atoms with Gasteiger partial charge in [0.1, 0.15) is 0 Å². The summed E-state index contributed by atoms with van der Waals surface area (Å²) in [6.07, 6.45) is 5.75. The van der Waals surface area contributed by atoms with Crippen molar-refractivity contribution in [3.05, 3.63) is 34.3 Å². The summed E-state index contributed by atoms with van der Waals surface area (Å²) in [5, 5.41) is 0.783. The van der Waals surface area contributed by atoms with Gasteiger partial charge in [-0.15, -0.1) is 0 Å². The van der Waals surface area contributed by atoms with Gasteiger partial charge >= 0.3 is 0 Å². The Morgan fingerprint density at radius 3 is 2.60 bits per heavy atom. The van der Waals surface area contributed by atoms with Gasteiger partial charge in [0.2, 0.25) is 0 Å². The van der Waals surface area contributed by atoms with Gasteiger partial charge in [0.15, 0.2) is 0 Å². The second-order valence-electron chi connectivity index (χ2n) is 5.67. The first-order valence-electron chi connectivity index (χ1n) is 7.49. The van der Waals surface area contributed by atoms with Gasteiger partial charge in [0, 0.05) is 11.6 Å². The lowest BCUT2D eigenvalue weighted by Gasteiger charge is -2.43. The summed E-state index contributed by atoms with van der Waals surface area (Å²) >= 11 is 6.27. The van der Waals surface area contributed by atoms with Crippen LogP contribution in [-0.4, -0.2) is 12.2 Å². The van der Waals surface area contributed by atoms with Crippen molar-refractivity contribution in [2.45, 2.75) is 57.6 Å². The maximum Gasteiger partial charge on any atom is 0.0889 e. The normalized spacial score (nSPS) is 19.8. The number of aryl methyl sites for hydroxylation is 1. The fraction of sp³-hybridized carbons (Fsp3) is 0.625. The van der Waals surface area contributed by atoms with Crippen LogP contribution in [0.2, 0.25) is 5.02 Å². The Morgan fingerprint density at radius 2 is 2.05 bits per heavy atom. The zero-order valence-electron chi connectivity index (χ0n) is 12.4. The zero-order valence-corrected chi connectivity index (χ0v) is 13.2. The first kappa shape index (κ1) is 15.8. The third kappa shape index (κ3) is 3.17. The molecular formula is C16H25ClN2O. The van der Waals surface area contributed by atoms with Crippen LogP contribution in [0.3, 0.4) is 0 Å². The fourth-order valence-corrected chi connectivity index (χ4v) is 3.48. The van der Waals surface area contributed by atoms with Gasteiger partial charge in [0.25, 0.3) is 0 Å². The van der Waals surface area contributed by atoms with E-state index in [1.807, 2.05) is 26.0 Å². The molecule has 0 spiro atoms. The molecule has 0 heterocycles. The summed E-state index contributed by atoms with van der Waals surface area (Å²) in [5.41, 5.74) is 4.96. The van der Waals surface area contributed by atoms with E-state index in [4.69, 9.17) is 22.2 Å². The Morgan fingerprint density at radius 1 is 1.35 bits per heavy atom. The Hall–Kier alpha value is -0.610. The van der Waals surface area contributed by atoms with E-state index in [1.54, 1.807) is 0 Å². The summed E-state index contributed by atoms with van der Waals surface area (Å²) in [6, 6.07) is 6.14. The third-order valence-electron chi connectivity index (χ3n) is 4.35. The van der Waals surface area contributed by atoms with Crippen molar-refractivity contribution in [1.29, 1.82) is 0 Å². The SMILES string of the molecule is CCOC1(C(NN)c2ccc(C)c(Cl)c2)CCCCC1. The number of nitrogens with two attached hydrogens (primary N) is 1. The molecule has 0 aliphatic heterocycles. The molecule has 1 aromatic rings. The molecular weight excluding hydrogens is 272 g/mol. The largest absolute Gasteiger partial charge is 0.373 e. The van der Waals surface area contributed by atoms with Crippen molar-refractivity contribution < 1.29 is 4.74 Å². The zero-order chi connectivity index (χ0) is 14.6. The fourth-order valence-electron chi connectivity index (χ4n) is 3.29. The molecule has 1 atom stereocenters. The molecule has 0 aromatic heterocycles. The van der Waals surface area contributed by atoms with Crippen molar-refractivity contribution in [3.63, 3.8) is 0 Å². The van der Waals surface area contributed by atoms with E-state index >= 15 is 0 Å². The summed E-state index contributed by atoms with van der Waals surface area (Å²) in [6.45, 7) is 4.76. The molecule has 1 aromatic carbocycles. The first-order valence-corrected chi connectivity index (χ1v) is 7.87. The van der Waals surface area contributed by atoms with Crippen LogP contribution < -0.4 is 11.3 Å². The molecule has 20 heavy (non-hydrogen) atoms. The Kier molecular flexibility index (Phi) is 5.44. The van der Waals surface area contributed by atoms with Crippen LogP contribution in [0.15, 0.2) is 18.2 Å². The first-order chi connectivity index (χ1) is 9.63. The van der Waals surface area contributed by atoms with Gasteiger partial charge in [-0.1, -0.05) is 43.0 Å².